The first-order valence-electron chi connectivity index (χ1n) is 10.4. The van der Waals surface area contributed by atoms with Crippen molar-refractivity contribution >= 4 is 15.9 Å². The van der Waals surface area contributed by atoms with Crippen molar-refractivity contribution in [1.82, 2.24) is 9.62 Å². The molecule has 150 valence electrons. The Morgan fingerprint density at radius 2 is 1.74 bits per heavy atom. The molecular weight excluding hydrogens is 360 g/mol. The van der Waals surface area contributed by atoms with Crippen molar-refractivity contribution in [2.24, 2.45) is 5.92 Å². The van der Waals surface area contributed by atoms with Gasteiger partial charge in [-0.25, -0.2) is 8.42 Å². The number of rotatable bonds is 6. The molecule has 0 radical (unpaired) electrons. The molecule has 1 saturated heterocycles. The van der Waals surface area contributed by atoms with E-state index in [0.717, 1.165) is 32.1 Å². The summed E-state index contributed by atoms with van der Waals surface area (Å²) in [5.41, 5.74) is 2.47. The second kappa shape index (κ2) is 8.74. The quantitative estimate of drug-likeness (QED) is 0.808. The van der Waals surface area contributed by atoms with Crippen LogP contribution in [0, 0.1) is 5.92 Å². The van der Waals surface area contributed by atoms with Crippen LogP contribution in [0.15, 0.2) is 23.1 Å². The van der Waals surface area contributed by atoms with Gasteiger partial charge in [-0.15, -0.1) is 0 Å². The van der Waals surface area contributed by atoms with E-state index in [2.05, 4.69) is 19.2 Å². The molecule has 0 aromatic heterocycles. The van der Waals surface area contributed by atoms with Crippen LogP contribution in [-0.2, 0) is 27.7 Å². The maximum atomic E-state index is 13.0. The van der Waals surface area contributed by atoms with E-state index in [1.807, 2.05) is 12.1 Å². The van der Waals surface area contributed by atoms with E-state index >= 15 is 0 Å². The number of fused-ring (bicyclic) bond motifs is 1. The molecule has 0 spiro atoms. The summed E-state index contributed by atoms with van der Waals surface area (Å²) in [5, 5.41) is 3.10. The normalized spacial score (nSPS) is 19.1. The lowest BCUT2D eigenvalue weighted by atomic mass is 9.92. The third kappa shape index (κ3) is 4.54. The van der Waals surface area contributed by atoms with Crippen LogP contribution in [0.2, 0.25) is 0 Å². The zero-order valence-electron chi connectivity index (χ0n) is 16.5. The summed E-state index contributed by atoms with van der Waals surface area (Å²) in [4.78, 5) is 12.8. The number of hydrogen-bond acceptors (Lipinski definition) is 3. The molecule has 1 N–H and O–H groups in total. The Labute approximate surface area is 163 Å². The average molecular weight is 393 g/mol. The van der Waals surface area contributed by atoms with E-state index in [4.69, 9.17) is 0 Å². The summed E-state index contributed by atoms with van der Waals surface area (Å²) in [5.74, 6) is -0.00453. The summed E-state index contributed by atoms with van der Waals surface area (Å²) in [7, 11) is -3.48. The van der Waals surface area contributed by atoms with E-state index < -0.39 is 10.0 Å². The predicted molar refractivity (Wildman–Crippen MR) is 107 cm³/mol. The summed E-state index contributed by atoms with van der Waals surface area (Å²) in [6.07, 6.45) is 7.37. The molecule has 1 aliphatic carbocycles. The number of hydrogen-bond donors (Lipinski definition) is 1. The third-order valence-electron chi connectivity index (χ3n) is 6.11. The number of nitrogens with zero attached hydrogens (tertiary/aromatic N) is 1. The van der Waals surface area contributed by atoms with Gasteiger partial charge in [0.15, 0.2) is 0 Å². The van der Waals surface area contributed by atoms with Crippen molar-refractivity contribution < 1.29 is 13.2 Å². The van der Waals surface area contributed by atoms with E-state index in [1.165, 1.54) is 17.5 Å². The lowest BCUT2D eigenvalue weighted by molar-refractivity contribution is -0.126. The zero-order chi connectivity index (χ0) is 19.4. The van der Waals surface area contributed by atoms with Gasteiger partial charge in [-0.05, 0) is 74.6 Å². The number of carbonyl (C=O) groups is 1. The molecule has 6 heteroatoms. The lowest BCUT2D eigenvalue weighted by Crippen LogP contribution is -2.45. The number of carbonyl (C=O) groups excluding carboxylic acids is 1. The Morgan fingerprint density at radius 1 is 1.11 bits per heavy atom. The number of benzene rings is 1. The van der Waals surface area contributed by atoms with Gasteiger partial charge in [0.2, 0.25) is 15.9 Å². The van der Waals surface area contributed by atoms with Crippen molar-refractivity contribution in [1.29, 1.82) is 0 Å². The minimum absolute atomic E-state index is 0.0783. The van der Waals surface area contributed by atoms with Crippen LogP contribution < -0.4 is 5.32 Å². The van der Waals surface area contributed by atoms with Crippen molar-refractivity contribution in [3.8, 4) is 0 Å². The Bertz CT molecular complexity index is 764. The fourth-order valence-corrected chi connectivity index (χ4v) is 5.71. The van der Waals surface area contributed by atoms with Crippen LogP contribution >= 0.6 is 0 Å². The van der Waals surface area contributed by atoms with Crippen LogP contribution in [0.5, 0.6) is 0 Å². The monoisotopic (exact) mass is 392 g/mol. The largest absolute Gasteiger partial charge is 0.353 e. The molecular formula is C21H32N2O3S. The summed E-state index contributed by atoms with van der Waals surface area (Å²) in [6.45, 7) is 4.98. The Hall–Kier alpha value is -1.40. The highest BCUT2D eigenvalue weighted by Gasteiger charge is 2.32. The summed E-state index contributed by atoms with van der Waals surface area (Å²) in [6, 6.07) is 5.83. The van der Waals surface area contributed by atoms with Crippen molar-refractivity contribution in [2.75, 3.05) is 13.1 Å². The maximum absolute atomic E-state index is 13.0. The second-order valence-electron chi connectivity index (χ2n) is 7.84. The van der Waals surface area contributed by atoms with Gasteiger partial charge in [0, 0.05) is 25.0 Å². The van der Waals surface area contributed by atoms with Gasteiger partial charge >= 0.3 is 0 Å². The Kier molecular flexibility index (Phi) is 6.58. The first-order chi connectivity index (χ1) is 13.0. The van der Waals surface area contributed by atoms with E-state index in [1.54, 1.807) is 10.4 Å². The summed E-state index contributed by atoms with van der Waals surface area (Å²) < 4.78 is 27.6. The first-order valence-corrected chi connectivity index (χ1v) is 11.8. The highest BCUT2D eigenvalue weighted by Crippen LogP contribution is 2.28. The van der Waals surface area contributed by atoms with Crippen molar-refractivity contribution in [3.05, 3.63) is 29.3 Å². The molecule has 1 amide bonds. The van der Waals surface area contributed by atoms with Gasteiger partial charge in [0.05, 0.1) is 4.90 Å². The van der Waals surface area contributed by atoms with Gasteiger partial charge in [0.1, 0.15) is 0 Å². The maximum Gasteiger partial charge on any atom is 0.243 e. The van der Waals surface area contributed by atoms with E-state index in [9.17, 15) is 13.2 Å². The van der Waals surface area contributed by atoms with Crippen LogP contribution in [0.25, 0.3) is 0 Å². The predicted octanol–water partition coefficient (Wildman–Crippen LogP) is 3.27. The standard InChI is InChI=1S/C21H32N2O3S/c1-3-19(4-2)22-21(24)17-11-13-23(14-12-17)27(25,26)20-10-9-16-7-5-6-8-18(16)15-20/h9-10,15,17,19H,3-8,11-14H2,1-2H3,(H,22,24). The molecule has 1 heterocycles. The van der Waals surface area contributed by atoms with E-state index in [0.29, 0.717) is 30.8 Å². The highest BCUT2D eigenvalue weighted by molar-refractivity contribution is 7.89. The molecule has 27 heavy (non-hydrogen) atoms. The molecule has 1 fully saturated rings. The van der Waals surface area contributed by atoms with Crippen LogP contribution in [-0.4, -0.2) is 37.8 Å². The van der Waals surface area contributed by atoms with Crippen molar-refractivity contribution in [3.63, 3.8) is 0 Å². The minimum atomic E-state index is -3.48. The van der Waals surface area contributed by atoms with Gasteiger partial charge in [-0.3, -0.25) is 4.79 Å². The fraction of sp³-hybridized carbons (Fsp3) is 0.667. The first kappa shape index (κ1) is 20.3. The average Bonchev–Trinajstić information content (AvgIpc) is 2.71. The highest BCUT2D eigenvalue weighted by atomic mass is 32.2. The molecule has 1 aliphatic heterocycles. The van der Waals surface area contributed by atoms with Crippen molar-refractivity contribution in [2.45, 2.75) is 76.2 Å². The Morgan fingerprint density at radius 3 is 2.37 bits per heavy atom. The molecule has 3 rings (SSSR count). The van der Waals surface area contributed by atoms with Crippen LogP contribution in [0.4, 0.5) is 0 Å². The molecule has 5 nitrogen and oxygen atoms in total. The van der Waals surface area contributed by atoms with Gasteiger partial charge in [-0.1, -0.05) is 19.9 Å². The number of aryl methyl sites for hydroxylation is 2. The third-order valence-corrected chi connectivity index (χ3v) is 8.01. The van der Waals surface area contributed by atoms with Gasteiger partial charge in [0.25, 0.3) is 0 Å². The molecule has 0 bridgehead atoms. The SMILES string of the molecule is CCC(CC)NC(=O)C1CCN(S(=O)(=O)c2ccc3c(c2)CCCC3)CC1. The topological polar surface area (TPSA) is 66.5 Å². The number of amides is 1. The summed E-state index contributed by atoms with van der Waals surface area (Å²) >= 11 is 0. The number of piperidine rings is 1. The zero-order valence-corrected chi connectivity index (χ0v) is 17.4. The Balaban J connectivity index is 1.64. The van der Waals surface area contributed by atoms with Crippen LogP contribution in [0.3, 0.4) is 0 Å². The molecule has 1 aromatic carbocycles. The minimum Gasteiger partial charge on any atom is -0.353 e. The molecule has 2 aliphatic rings. The second-order valence-corrected chi connectivity index (χ2v) is 9.78. The number of sulfonamides is 1. The molecule has 0 unspecified atom stereocenters. The smallest absolute Gasteiger partial charge is 0.243 e. The molecule has 1 aromatic rings. The number of nitrogens with one attached hydrogen (secondary N) is 1. The van der Waals surface area contributed by atoms with Gasteiger partial charge < -0.3 is 5.32 Å². The fourth-order valence-electron chi connectivity index (χ4n) is 4.19. The molecule has 0 saturated carbocycles. The van der Waals surface area contributed by atoms with E-state index in [-0.39, 0.29) is 17.9 Å². The van der Waals surface area contributed by atoms with Crippen LogP contribution in [0.1, 0.15) is 63.5 Å². The molecule has 0 atom stereocenters. The van der Waals surface area contributed by atoms with Gasteiger partial charge in [-0.2, -0.15) is 4.31 Å². The lowest BCUT2D eigenvalue weighted by Gasteiger charge is -2.31.